The molecule has 0 fully saturated rings. The van der Waals surface area contributed by atoms with Gasteiger partial charge in [0.15, 0.2) is 11.5 Å². The number of carbonyl (C=O) groups is 1. The van der Waals surface area contributed by atoms with Crippen molar-refractivity contribution >= 4 is 22.6 Å². The van der Waals surface area contributed by atoms with Gasteiger partial charge in [-0.15, -0.1) is 0 Å². The Morgan fingerprint density at radius 3 is 2.65 bits per heavy atom. The van der Waals surface area contributed by atoms with Crippen LogP contribution in [0.3, 0.4) is 0 Å². The van der Waals surface area contributed by atoms with E-state index in [0.29, 0.717) is 41.5 Å². The normalized spacial score (nSPS) is 13.2. The Morgan fingerprint density at radius 2 is 1.88 bits per heavy atom. The average molecular weight is 353 g/mol. The number of fused-ring (bicyclic) bond motifs is 2. The minimum atomic E-state index is -0.262. The number of benzene rings is 2. The Labute approximate surface area is 149 Å². The van der Waals surface area contributed by atoms with Crippen molar-refractivity contribution < 1.29 is 14.3 Å². The summed E-state index contributed by atoms with van der Waals surface area (Å²) in [5, 5.41) is 2.84. The largest absolute Gasteiger partial charge is 0.486 e. The van der Waals surface area contributed by atoms with Crippen molar-refractivity contribution in [2.75, 3.05) is 18.5 Å². The van der Waals surface area contributed by atoms with Crippen molar-refractivity contribution in [3.63, 3.8) is 0 Å². The maximum atomic E-state index is 12.6. The number of nitrogens with one attached hydrogen (secondary N) is 2. The molecule has 0 bridgehead atoms. The van der Waals surface area contributed by atoms with Crippen LogP contribution in [-0.4, -0.2) is 28.7 Å². The van der Waals surface area contributed by atoms with Gasteiger partial charge >= 0.3 is 5.69 Å². The third-order valence-corrected chi connectivity index (χ3v) is 4.30. The summed E-state index contributed by atoms with van der Waals surface area (Å²) < 4.78 is 12.7. The van der Waals surface area contributed by atoms with Gasteiger partial charge in [0.1, 0.15) is 13.2 Å². The van der Waals surface area contributed by atoms with Crippen LogP contribution in [0.15, 0.2) is 41.2 Å². The van der Waals surface area contributed by atoms with Gasteiger partial charge in [-0.25, -0.2) is 4.79 Å². The summed E-state index contributed by atoms with van der Waals surface area (Å²) in [6.07, 6.45) is 0. The number of ether oxygens (including phenoxy) is 2. The molecule has 0 saturated carbocycles. The molecule has 7 heteroatoms. The molecule has 0 saturated heterocycles. The van der Waals surface area contributed by atoms with E-state index in [9.17, 15) is 9.59 Å². The quantitative estimate of drug-likeness (QED) is 0.758. The van der Waals surface area contributed by atoms with Gasteiger partial charge in [0.2, 0.25) is 0 Å². The Kier molecular flexibility index (Phi) is 3.91. The van der Waals surface area contributed by atoms with Gasteiger partial charge in [0, 0.05) is 23.4 Å². The van der Waals surface area contributed by atoms with Crippen molar-refractivity contribution in [2.45, 2.75) is 19.9 Å². The van der Waals surface area contributed by atoms with Crippen molar-refractivity contribution in [3.8, 4) is 11.5 Å². The molecule has 0 radical (unpaired) electrons. The standard InChI is InChI=1S/C19H19N3O4/c1-11(2)22-15-5-3-12(9-14(15)21-19(22)24)18(23)20-13-4-6-16-17(10-13)26-8-7-25-16/h3-6,9-11H,7-8H2,1-2H3,(H,20,23)(H,21,24). The Balaban J connectivity index is 1.61. The monoisotopic (exact) mass is 353 g/mol. The third-order valence-electron chi connectivity index (χ3n) is 4.30. The maximum Gasteiger partial charge on any atom is 0.326 e. The molecule has 26 heavy (non-hydrogen) atoms. The van der Waals surface area contributed by atoms with E-state index >= 15 is 0 Å². The Hall–Kier alpha value is -3.22. The molecule has 1 aliphatic heterocycles. The summed E-state index contributed by atoms with van der Waals surface area (Å²) in [5.41, 5.74) is 2.32. The second-order valence-corrected chi connectivity index (χ2v) is 6.44. The van der Waals surface area contributed by atoms with Crippen LogP contribution in [0.4, 0.5) is 5.69 Å². The highest BCUT2D eigenvalue weighted by atomic mass is 16.6. The van der Waals surface area contributed by atoms with Gasteiger partial charge in [-0.1, -0.05) is 0 Å². The SMILES string of the molecule is CC(C)n1c(=O)[nH]c2cc(C(=O)Nc3ccc4c(c3)OCCO4)ccc21. The second-order valence-electron chi connectivity index (χ2n) is 6.44. The second kappa shape index (κ2) is 6.25. The van der Waals surface area contributed by atoms with Gasteiger partial charge in [-0.05, 0) is 44.2 Å². The van der Waals surface area contributed by atoms with Crippen LogP contribution in [0.5, 0.6) is 11.5 Å². The predicted octanol–water partition coefficient (Wildman–Crippen LogP) is 2.93. The first kappa shape index (κ1) is 16.3. The first-order valence-electron chi connectivity index (χ1n) is 8.48. The number of anilines is 1. The lowest BCUT2D eigenvalue weighted by molar-refractivity contribution is 0.102. The fraction of sp³-hybridized carbons (Fsp3) is 0.263. The lowest BCUT2D eigenvalue weighted by Gasteiger charge is -2.19. The zero-order chi connectivity index (χ0) is 18.3. The summed E-state index contributed by atoms with van der Waals surface area (Å²) in [6.45, 7) is 4.89. The molecule has 0 atom stereocenters. The number of aromatic nitrogens is 2. The van der Waals surface area contributed by atoms with Crippen LogP contribution in [0.2, 0.25) is 0 Å². The van der Waals surface area contributed by atoms with Crippen molar-refractivity contribution in [1.82, 2.24) is 9.55 Å². The topological polar surface area (TPSA) is 85.4 Å². The van der Waals surface area contributed by atoms with Gasteiger partial charge in [-0.2, -0.15) is 0 Å². The van der Waals surface area contributed by atoms with E-state index in [1.165, 1.54) is 0 Å². The summed E-state index contributed by atoms with van der Waals surface area (Å²) in [6, 6.07) is 10.5. The number of amides is 1. The van der Waals surface area contributed by atoms with Crippen molar-refractivity contribution in [3.05, 3.63) is 52.4 Å². The number of imidazole rings is 1. The van der Waals surface area contributed by atoms with Gasteiger partial charge in [0.05, 0.1) is 11.0 Å². The number of H-pyrrole nitrogens is 1. The molecular formula is C19H19N3O4. The molecular weight excluding hydrogens is 334 g/mol. The van der Waals surface area contributed by atoms with Gasteiger partial charge in [-0.3, -0.25) is 9.36 Å². The molecule has 2 aromatic carbocycles. The highest BCUT2D eigenvalue weighted by molar-refractivity contribution is 6.06. The molecule has 0 unspecified atom stereocenters. The number of hydrogen-bond acceptors (Lipinski definition) is 4. The highest BCUT2D eigenvalue weighted by Crippen LogP contribution is 2.32. The average Bonchev–Trinajstić information content (AvgIpc) is 2.96. The number of aromatic amines is 1. The molecule has 1 amide bonds. The molecule has 0 spiro atoms. The molecule has 2 heterocycles. The van der Waals surface area contributed by atoms with E-state index in [2.05, 4.69) is 10.3 Å². The summed E-state index contributed by atoms with van der Waals surface area (Å²) >= 11 is 0. The van der Waals surface area contributed by atoms with Crippen molar-refractivity contribution in [2.24, 2.45) is 0 Å². The van der Waals surface area contributed by atoms with E-state index in [0.717, 1.165) is 5.52 Å². The number of carbonyl (C=O) groups excluding carboxylic acids is 1. The number of rotatable bonds is 3. The first-order valence-corrected chi connectivity index (χ1v) is 8.48. The smallest absolute Gasteiger partial charge is 0.326 e. The molecule has 3 aromatic rings. The van der Waals surface area contributed by atoms with Crippen molar-refractivity contribution in [1.29, 1.82) is 0 Å². The minimum Gasteiger partial charge on any atom is -0.486 e. The van der Waals surface area contributed by atoms with Gasteiger partial charge in [0.25, 0.3) is 5.91 Å². The fourth-order valence-corrected chi connectivity index (χ4v) is 3.11. The summed E-state index contributed by atoms with van der Waals surface area (Å²) in [5.74, 6) is 1.02. The van der Waals surface area contributed by atoms with Crippen LogP contribution in [-0.2, 0) is 0 Å². The lowest BCUT2D eigenvalue weighted by atomic mass is 10.1. The van der Waals surface area contributed by atoms with E-state index in [1.54, 1.807) is 41.0 Å². The zero-order valence-corrected chi connectivity index (χ0v) is 14.5. The molecule has 7 nitrogen and oxygen atoms in total. The van der Waals surface area contributed by atoms with Gasteiger partial charge < -0.3 is 19.8 Å². The maximum absolute atomic E-state index is 12.6. The summed E-state index contributed by atoms with van der Waals surface area (Å²) in [4.78, 5) is 27.4. The van der Waals surface area contributed by atoms with E-state index in [1.807, 2.05) is 13.8 Å². The summed E-state index contributed by atoms with van der Waals surface area (Å²) in [7, 11) is 0. The van der Waals surface area contributed by atoms with E-state index in [4.69, 9.17) is 9.47 Å². The van der Waals surface area contributed by atoms with Crippen LogP contribution in [0.25, 0.3) is 11.0 Å². The van der Waals surface area contributed by atoms with Crippen LogP contribution in [0.1, 0.15) is 30.2 Å². The van der Waals surface area contributed by atoms with Crippen LogP contribution < -0.4 is 20.5 Å². The minimum absolute atomic E-state index is 0.0358. The Bertz CT molecular complexity index is 1050. The molecule has 1 aliphatic rings. The van der Waals surface area contributed by atoms with Crippen LogP contribution in [0, 0.1) is 0 Å². The van der Waals surface area contributed by atoms with Crippen LogP contribution >= 0.6 is 0 Å². The number of hydrogen-bond donors (Lipinski definition) is 2. The lowest BCUT2D eigenvalue weighted by Crippen LogP contribution is -2.18. The van der Waals surface area contributed by atoms with E-state index in [-0.39, 0.29) is 17.6 Å². The Morgan fingerprint density at radius 1 is 1.12 bits per heavy atom. The molecule has 0 aliphatic carbocycles. The predicted molar refractivity (Wildman–Crippen MR) is 98.3 cm³/mol. The first-order chi connectivity index (χ1) is 12.5. The fourth-order valence-electron chi connectivity index (χ4n) is 3.11. The third kappa shape index (κ3) is 2.81. The molecule has 1 aromatic heterocycles. The van der Waals surface area contributed by atoms with E-state index < -0.39 is 0 Å². The molecule has 2 N–H and O–H groups in total. The highest BCUT2D eigenvalue weighted by Gasteiger charge is 2.15. The number of nitrogens with zero attached hydrogens (tertiary/aromatic N) is 1. The molecule has 4 rings (SSSR count). The zero-order valence-electron chi connectivity index (χ0n) is 14.5. The molecule has 134 valence electrons.